The highest BCUT2D eigenvalue weighted by Gasteiger charge is 2.32. The van der Waals surface area contributed by atoms with Crippen molar-refractivity contribution in [2.45, 2.75) is 31.5 Å². The number of carbonyl (C=O) groups is 1. The van der Waals surface area contributed by atoms with Crippen molar-refractivity contribution in [3.8, 4) is 17.1 Å². The van der Waals surface area contributed by atoms with Gasteiger partial charge in [0.2, 0.25) is 17.6 Å². The summed E-state index contributed by atoms with van der Waals surface area (Å²) in [5.74, 6) is 0.448. The van der Waals surface area contributed by atoms with Gasteiger partial charge in [0.1, 0.15) is 17.9 Å². The first-order valence-corrected chi connectivity index (χ1v) is 10.1. The van der Waals surface area contributed by atoms with Crippen LogP contribution in [-0.2, 0) is 18.3 Å². The minimum Gasteiger partial charge on any atom is -0.404 e. The van der Waals surface area contributed by atoms with Crippen LogP contribution in [0.2, 0.25) is 5.02 Å². The predicted molar refractivity (Wildman–Crippen MR) is 105 cm³/mol. The number of ether oxygens (including phenoxy) is 1. The minimum atomic E-state index is -4.87. The lowest BCUT2D eigenvalue weighted by molar-refractivity contribution is -0.274. The second-order valence-corrected chi connectivity index (χ2v) is 7.69. The quantitative estimate of drug-likeness (QED) is 0.563. The number of rotatable bonds is 5. The van der Waals surface area contributed by atoms with Gasteiger partial charge in [-0.05, 0) is 31.0 Å². The van der Waals surface area contributed by atoms with Crippen molar-refractivity contribution in [3.05, 3.63) is 41.3 Å². The number of alkyl halides is 3. The van der Waals surface area contributed by atoms with Gasteiger partial charge < -0.3 is 14.2 Å². The minimum absolute atomic E-state index is 0.0378. The van der Waals surface area contributed by atoms with Crippen LogP contribution in [-0.4, -0.2) is 55.2 Å². The average molecular weight is 471 g/mol. The first-order chi connectivity index (χ1) is 15.2. The highest BCUT2D eigenvalue weighted by Crippen LogP contribution is 2.34. The normalized spacial score (nSPS) is 15.2. The van der Waals surface area contributed by atoms with Crippen molar-refractivity contribution >= 4 is 17.5 Å². The van der Waals surface area contributed by atoms with Crippen molar-refractivity contribution < 1.29 is 27.2 Å². The zero-order chi connectivity index (χ0) is 22.9. The number of hydrogen-bond acceptors (Lipinski definition) is 7. The number of halogens is 4. The molecule has 0 bridgehead atoms. The third kappa shape index (κ3) is 5.01. The van der Waals surface area contributed by atoms with E-state index in [0.29, 0.717) is 37.6 Å². The maximum atomic E-state index is 12.5. The maximum Gasteiger partial charge on any atom is 0.573 e. The Morgan fingerprint density at radius 2 is 2.06 bits per heavy atom. The molecule has 2 aromatic heterocycles. The second kappa shape index (κ2) is 8.77. The molecule has 0 saturated carbocycles. The van der Waals surface area contributed by atoms with Crippen molar-refractivity contribution in [1.29, 1.82) is 0 Å². The molecule has 9 nitrogen and oxygen atoms in total. The number of benzene rings is 1. The molecule has 4 rings (SSSR count). The van der Waals surface area contributed by atoms with Crippen LogP contribution in [0.3, 0.4) is 0 Å². The van der Waals surface area contributed by atoms with Gasteiger partial charge in [0.15, 0.2) is 0 Å². The van der Waals surface area contributed by atoms with Crippen molar-refractivity contribution in [2.75, 3.05) is 13.1 Å². The monoisotopic (exact) mass is 470 g/mol. The zero-order valence-corrected chi connectivity index (χ0v) is 17.6. The fourth-order valence-corrected chi connectivity index (χ4v) is 3.62. The van der Waals surface area contributed by atoms with Gasteiger partial charge in [-0.2, -0.15) is 10.1 Å². The third-order valence-electron chi connectivity index (χ3n) is 5.17. The first kappa shape index (κ1) is 22.1. The summed E-state index contributed by atoms with van der Waals surface area (Å²) in [4.78, 5) is 22.6. The number of likely N-dealkylation sites (tertiary alicyclic amines) is 1. The van der Waals surface area contributed by atoms with Gasteiger partial charge in [-0.15, -0.1) is 13.2 Å². The van der Waals surface area contributed by atoms with E-state index in [4.69, 9.17) is 16.1 Å². The molecule has 170 valence electrons. The number of aromatic nitrogens is 5. The van der Waals surface area contributed by atoms with Crippen LogP contribution in [0.1, 0.15) is 30.5 Å². The molecule has 1 fully saturated rings. The second-order valence-electron chi connectivity index (χ2n) is 7.28. The van der Waals surface area contributed by atoms with Gasteiger partial charge in [-0.3, -0.25) is 9.48 Å². The molecule has 0 N–H and O–H groups in total. The molecule has 1 saturated heterocycles. The molecule has 1 aromatic carbocycles. The summed E-state index contributed by atoms with van der Waals surface area (Å²) < 4.78 is 48.5. The van der Waals surface area contributed by atoms with E-state index in [1.165, 1.54) is 18.5 Å². The third-order valence-corrected chi connectivity index (χ3v) is 5.48. The fraction of sp³-hybridized carbons (Fsp3) is 0.421. The van der Waals surface area contributed by atoms with E-state index >= 15 is 0 Å². The Kier molecular flexibility index (Phi) is 6.04. The number of piperidine rings is 1. The van der Waals surface area contributed by atoms with E-state index in [-0.39, 0.29) is 34.7 Å². The van der Waals surface area contributed by atoms with Gasteiger partial charge in [0.05, 0.1) is 11.4 Å². The summed E-state index contributed by atoms with van der Waals surface area (Å²) in [5.41, 5.74) is 0.278. The average Bonchev–Trinajstić information content (AvgIpc) is 3.38. The summed E-state index contributed by atoms with van der Waals surface area (Å²) in [6, 6.07) is 3.86. The van der Waals surface area contributed by atoms with Gasteiger partial charge in [-0.1, -0.05) is 16.8 Å². The largest absolute Gasteiger partial charge is 0.573 e. The summed E-state index contributed by atoms with van der Waals surface area (Å²) in [6.07, 6.45) is -2.06. The fourth-order valence-electron chi connectivity index (χ4n) is 3.47. The number of hydrogen-bond donors (Lipinski definition) is 0. The van der Waals surface area contributed by atoms with E-state index in [2.05, 4.69) is 25.0 Å². The molecule has 32 heavy (non-hydrogen) atoms. The molecule has 0 radical (unpaired) electrons. The van der Waals surface area contributed by atoms with E-state index < -0.39 is 12.1 Å². The lowest BCUT2D eigenvalue weighted by atomic mass is 9.96. The molecule has 0 spiro atoms. The Morgan fingerprint density at radius 1 is 1.31 bits per heavy atom. The summed E-state index contributed by atoms with van der Waals surface area (Å²) in [6.45, 7) is 1.03. The lowest BCUT2D eigenvalue weighted by Crippen LogP contribution is -2.39. The molecule has 1 amide bonds. The van der Waals surface area contributed by atoms with E-state index in [1.807, 2.05) is 0 Å². The van der Waals surface area contributed by atoms with E-state index in [9.17, 15) is 18.0 Å². The van der Waals surface area contributed by atoms with Crippen molar-refractivity contribution in [1.82, 2.24) is 29.8 Å². The Hall–Kier alpha value is -3.15. The van der Waals surface area contributed by atoms with Gasteiger partial charge in [-0.25, -0.2) is 4.98 Å². The lowest BCUT2D eigenvalue weighted by Gasteiger charge is -2.30. The topological polar surface area (TPSA) is 99.2 Å². The molecule has 0 atom stereocenters. The number of amides is 1. The summed E-state index contributed by atoms with van der Waals surface area (Å²) >= 11 is 5.78. The Bertz CT molecular complexity index is 1110. The number of aryl methyl sites for hydroxylation is 1. The highest BCUT2D eigenvalue weighted by molar-refractivity contribution is 6.32. The van der Waals surface area contributed by atoms with Crippen LogP contribution in [0.25, 0.3) is 11.4 Å². The van der Waals surface area contributed by atoms with Crippen LogP contribution in [0, 0.1) is 0 Å². The van der Waals surface area contributed by atoms with Crippen LogP contribution in [0.5, 0.6) is 5.75 Å². The van der Waals surface area contributed by atoms with Crippen LogP contribution in [0.4, 0.5) is 13.2 Å². The number of nitrogens with zero attached hydrogens (tertiary/aromatic N) is 6. The van der Waals surface area contributed by atoms with Gasteiger partial charge in [0.25, 0.3) is 0 Å². The van der Waals surface area contributed by atoms with Gasteiger partial charge in [0, 0.05) is 31.6 Å². The van der Waals surface area contributed by atoms with Crippen LogP contribution < -0.4 is 4.74 Å². The van der Waals surface area contributed by atoms with E-state index in [1.54, 1.807) is 16.6 Å². The highest BCUT2D eigenvalue weighted by atomic mass is 35.5. The van der Waals surface area contributed by atoms with Gasteiger partial charge >= 0.3 is 6.36 Å². The molecular formula is C19H18ClF3N6O3. The molecule has 13 heteroatoms. The maximum absolute atomic E-state index is 12.5. The first-order valence-electron chi connectivity index (χ1n) is 9.69. The predicted octanol–water partition coefficient (Wildman–Crippen LogP) is 3.37. The molecule has 1 aliphatic heterocycles. The SMILES string of the molecule is Cn1ncnc1CC(=O)N1CCC(c2nc(-c3ccc(Cl)c(OC(F)(F)F)c3)no2)CC1. The Balaban J connectivity index is 1.39. The number of carbonyl (C=O) groups excluding carboxylic acids is 1. The Morgan fingerprint density at radius 3 is 2.72 bits per heavy atom. The van der Waals surface area contributed by atoms with Crippen molar-refractivity contribution in [3.63, 3.8) is 0 Å². The zero-order valence-electron chi connectivity index (χ0n) is 16.8. The smallest absolute Gasteiger partial charge is 0.404 e. The summed E-state index contributed by atoms with van der Waals surface area (Å²) in [5, 5.41) is 7.65. The van der Waals surface area contributed by atoms with Crippen LogP contribution >= 0.6 is 11.6 Å². The molecule has 3 aromatic rings. The van der Waals surface area contributed by atoms with Crippen LogP contribution in [0.15, 0.2) is 29.0 Å². The molecule has 0 aliphatic carbocycles. The summed E-state index contributed by atoms with van der Waals surface area (Å²) in [7, 11) is 1.73. The molecule has 1 aliphatic rings. The standard InChI is InChI=1S/C19H18ClF3N6O3/c1-28-15(24-10-25-28)9-16(30)29-6-4-11(5-7-29)18-26-17(27-32-18)12-2-3-13(20)14(8-12)31-19(21,22)23/h2-3,8,10-11H,4-7,9H2,1H3. The Labute approximate surface area is 185 Å². The molecular weight excluding hydrogens is 453 g/mol. The van der Waals surface area contributed by atoms with Crippen molar-refractivity contribution in [2.24, 2.45) is 7.05 Å². The molecule has 3 heterocycles. The molecule has 0 unspecified atom stereocenters. The van der Waals surface area contributed by atoms with E-state index in [0.717, 1.165) is 6.07 Å².